The average Bonchev–Trinajstić information content (AvgIpc) is 3.17. The lowest BCUT2D eigenvalue weighted by molar-refractivity contribution is 0.699. The summed E-state index contributed by atoms with van der Waals surface area (Å²) in [5.41, 5.74) is 2.38. The molecular formula is C18H16N4S. The molecule has 0 fully saturated rings. The number of benzene rings is 2. The first-order valence-electron chi connectivity index (χ1n) is 7.54. The van der Waals surface area contributed by atoms with Gasteiger partial charge in [0.25, 0.3) is 0 Å². The van der Waals surface area contributed by atoms with E-state index in [1.54, 1.807) is 11.3 Å². The fourth-order valence-corrected chi connectivity index (χ4v) is 3.43. The van der Waals surface area contributed by atoms with E-state index in [1.807, 2.05) is 24.3 Å². The van der Waals surface area contributed by atoms with Crippen LogP contribution in [0.2, 0.25) is 0 Å². The fourth-order valence-electron chi connectivity index (χ4n) is 2.54. The van der Waals surface area contributed by atoms with Gasteiger partial charge in [-0.2, -0.15) is 0 Å². The van der Waals surface area contributed by atoms with E-state index in [0.717, 1.165) is 29.4 Å². The lowest BCUT2D eigenvalue weighted by Crippen LogP contribution is -2.11. The maximum Gasteiger partial charge on any atom is 0.216 e. The van der Waals surface area contributed by atoms with Gasteiger partial charge in [0.15, 0.2) is 5.82 Å². The molecule has 2 aromatic carbocycles. The van der Waals surface area contributed by atoms with Gasteiger partial charge in [0.2, 0.25) is 4.96 Å². The van der Waals surface area contributed by atoms with Gasteiger partial charge in [-0.25, -0.2) is 0 Å². The second kappa shape index (κ2) is 6.32. The summed E-state index contributed by atoms with van der Waals surface area (Å²) in [5.74, 6) is 0.895. The quantitative estimate of drug-likeness (QED) is 0.609. The molecule has 4 rings (SSSR count). The highest BCUT2D eigenvalue weighted by molar-refractivity contribution is 7.17. The van der Waals surface area contributed by atoms with Crippen molar-refractivity contribution in [1.82, 2.24) is 19.9 Å². The molecular weight excluding hydrogens is 304 g/mol. The maximum absolute atomic E-state index is 4.30. The lowest BCUT2D eigenvalue weighted by Gasteiger charge is -2.02. The predicted octanol–water partition coefficient (Wildman–Crippen LogP) is 3.75. The van der Waals surface area contributed by atoms with Crippen LogP contribution in [0.1, 0.15) is 10.4 Å². The van der Waals surface area contributed by atoms with E-state index >= 15 is 0 Å². The molecule has 0 amide bonds. The van der Waals surface area contributed by atoms with Crippen LogP contribution in [0, 0.1) is 0 Å². The monoisotopic (exact) mass is 320 g/mol. The Balaban J connectivity index is 1.50. The Hall–Kier alpha value is -2.50. The summed E-state index contributed by atoms with van der Waals surface area (Å²) < 4.78 is 2.07. The van der Waals surface area contributed by atoms with Gasteiger partial charge in [-0.1, -0.05) is 72.0 Å². The molecule has 4 nitrogen and oxygen atoms in total. The van der Waals surface area contributed by atoms with E-state index in [9.17, 15) is 0 Å². The van der Waals surface area contributed by atoms with Crippen LogP contribution in [-0.2, 0) is 13.1 Å². The lowest BCUT2D eigenvalue weighted by atomic mass is 10.2. The summed E-state index contributed by atoms with van der Waals surface area (Å²) in [7, 11) is 0. The number of nitrogens with zero attached hydrogens (tertiary/aromatic N) is 3. The first kappa shape index (κ1) is 14.1. The molecule has 0 radical (unpaired) electrons. The number of thiazole rings is 1. The zero-order valence-corrected chi connectivity index (χ0v) is 13.3. The van der Waals surface area contributed by atoms with Crippen LogP contribution in [0.15, 0.2) is 66.9 Å². The Morgan fingerprint density at radius 1 is 0.870 bits per heavy atom. The van der Waals surface area contributed by atoms with Crippen LogP contribution in [-0.4, -0.2) is 14.6 Å². The van der Waals surface area contributed by atoms with Gasteiger partial charge in [-0.05, 0) is 5.56 Å². The molecule has 0 saturated carbocycles. The van der Waals surface area contributed by atoms with Crippen molar-refractivity contribution in [1.29, 1.82) is 0 Å². The number of hydrogen-bond acceptors (Lipinski definition) is 4. The van der Waals surface area contributed by atoms with Crippen molar-refractivity contribution in [3.63, 3.8) is 0 Å². The van der Waals surface area contributed by atoms with Crippen molar-refractivity contribution in [2.75, 3.05) is 0 Å². The van der Waals surface area contributed by atoms with Gasteiger partial charge in [0.1, 0.15) is 0 Å². The normalized spacial score (nSPS) is 11.1. The zero-order valence-electron chi connectivity index (χ0n) is 12.5. The largest absolute Gasteiger partial charge is 0.308 e. The van der Waals surface area contributed by atoms with Crippen LogP contribution < -0.4 is 5.32 Å². The zero-order chi connectivity index (χ0) is 15.5. The van der Waals surface area contributed by atoms with Crippen molar-refractivity contribution in [2.45, 2.75) is 13.1 Å². The third kappa shape index (κ3) is 3.02. The number of aromatic nitrogens is 3. The minimum absolute atomic E-state index is 0.831. The molecule has 4 aromatic rings. The van der Waals surface area contributed by atoms with Crippen molar-refractivity contribution >= 4 is 16.3 Å². The molecule has 1 N–H and O–H groups in total. The van der Waals surface area contributed by atoms with Crippen LogP contribution in [0.3, 0.4) is 0 Å². The molecule has 0 spiro atoms. The standard InChI is InChI=1S/C18H16N4S/c1-3-7-14(8-4-1)11-19-12-16-13-22-17(20-21-18(22)23-16)15-9-5-2-6-10-15/h1-10,13,19H,11-12H2. The minimum Gasteiger partial charge on any atom is -0.308 e. The molecule has 0 aliphatic carbocycles. The Kier molecular flexibility index (Phi) is 3.88. The van der Waals surface area contributed by atoms with Gasteiger partial charge in [-0.15, -0.1) is 10.2 Å². The van der Waals surface area contributed by atoms with Gasteiger partial charge in [-0.3, -0.25) is 4.40 Å². The van der Waals surface area contributed by atoms with Crippen LogP contribution in [0.5, 0.6) is 0 Å². The number of fused-ring (bicyclic) bond motifs is 1. The number of rotatable bonds is 5. The number of nitrogens with one attached hydrogen (secondary N) is 1. The Morgan fingerprint density at radius 3 is 2.39 bits per heavy atom. The fraction of sp³-hybridized carbons (Fsp3) is 0.111. The summed E-state index contributed by atoms with van der Waals surface area (Å²) in [6.45, 7) is 1.70. The maximum atomic E-state index is 4.30. The molecule has 2 aromatic heterocycles. The van der Waals surface area contributed by atoms with E-state index in [-0.39, 0.29) is 0 Å². The highest BCUT2D eigenvalue weighted by Gasteiger charge is 2.11. The molecule has 0 saturated heterocycles. The number of hydrogen-bond donors (Lipinski definition) is 1. The molecule has 114 valence electrons. The Labute approximate surface area is 138 Å². The van der Waals surface area contributed by atoms with E-state index in [4.69, 9.17) is 0 Å². The molecule has 0 bridgehead atoms. The molecule has 2 heterocycles. The van der Waals surface area contributed by atoms with Gasteiger partial charge < -0.3 is 5.32 Å². The summed E-state index contributed by atoms with van der Waals surface area (Å²) in [4.78, 5) is 2.18. The predicted molar refractivity (Wildman–Crippen MR) is 93.3 cm³/mol. The summed E-state index contributed by atoms with van der Waals surface area (Å²) in [6.07, 6.45) is 2.13. The smallest absolute Gasteiger partial charge is 0.216 e. The summed E-state index contributed by atoms with van der Waals surface area (Å²) in [6, 6.07) is 20.6. The van der Waals surface area contributed by atoms with Crippen LogP contribution in [0.4, 0.5) is 0 Å². The van der Waals surface area contributed by atoms with Crippen LogP contribution >= 0.6 is 11.3 Å². The first-order valence-corrected chi connectivity index (χ1v) is 8.35. The highest BCUT2D eigenvalue weighted by Crippen LogP contribution is 2.23. The van der Waals surface area contributed by atoms with Crippen molar-refractivity contribution in [3.05, 3.63) is 77.3 Å². The molecule has 0 aliphatic heterocycles. The Bertz CT molecular complexity index is 897. The van der Waals surface area contributed by atoms with E-state index in [1.165, 1.54) is 10.4 Å². The molecule has 23 heavy (non-hydrogen) atoms. The van der Waals surface area contributed by atoms with E-state index in [0.29, 0.717) is 0 Å². The third-order valence-corrected chi connectivity index (χ3v) is 4.64. The van der Waals surface area contributed by atoms with Gasteiger partial charge >= 0.3 is 0 Å². The highest BCUT2D eigenvalue weighted by atomic mass is 32.1. The van der Waals surface area contributed by atoms with E-state index in [2.05, 4.69) is 62.5 Å². The second-order valence-electron chi connectivity index (χ2n) is 5.33. The minimum atomic E-state index is 0.831. The van der Waals surface area contributed by atoms with Gasteiger partial charge in [0.05, 0.1) is 0 Å². The second-order valence-corrected chi connectivity index (χ2v) is 6.42. The topological polar surface area (TPSA) is 42.2 Å². The molecule has 5 heteroatoms. The third-order valence-electron chi connectivity index (χ3n) is 3.66. The van der Waals surface area contributed by atoms with Crippen molar-refractivity contribution in [3.8, 4) is 11.4 Å². The van der Waals surface area contributed by atoms with E-state index < -0.39 is 0 Å². The molecule has 0 atom stereocenters. The SMILES string of the molecule is c1ccc(CNCc2cn3c(-c4ccccc4)nnc3s2)cc1. The summed E-state index contributed by atoms with van der Waals surface area (Å²) >= 11 is 1.67. The van der Waals surface area contributed by atoms with Gasteiger partial charge in [0, 0.05) is 29.7 Å². The summed E-state index contributed by atoms with van der Waals surface area (Å²) in [5, 5.41) is 12.1. The molecule has 0 unspecified atom stereocenters. The Morgan fingerprint density at radius 2 is 1.61 bits per heavy atom. The average molecular weight is 320 g/mol. The van der Waals surface area contributed by atoms with Crippen molar-refractivity contribution < 1.29 is 0 Å². The van der Waals surface area contributed by atoms with Crippen molar-refractivity contribution in [2.24, 2.45) is 0 Å². The first-order chi connectivity index (χ1) is 11.4. The van der Waals surface area contributed by atoms with Crippen LogP contribution in [0.25, 0.3) is 16.3 Å². The molecule has 0 aliphatic rings.